The van der Waals surface area contributed by atoms with E-state index in [1.807, 2.05) is 24.0 Å². The van der Waals surface area contributed by atoms with Crippen LogP contribution >= 0.6 is 0 Å². The number of piperazine rings is 1. The molecular formula is C24H33N3O3. The summed E-state index contributed by atoms with van der Waals surface area (Å²) in [4.78, 5) is 41.4. The zero-order valence-electron chi connectivity index (χ0n) is 18.0. The van der Waals surface area contributed by atoms with Crippen LogP contribution in [-0.4, -0.2) is 65.7 Å². The molecule has 1 saturated heterocycles. The number of amides is 2. The lowest BCUT2D eigenvalue weighted by Gasteiger charge is -2.37. The zero-order valence-corrected chi connectivity index (χ0v) is 18.0. The molecule has 0 bridgehead atoms. The number of aryl methyl sites for hydroxylation is 2. The minimum atomic E-state index is -0.159. The number of nitrogens with zero attached hydrogens (tertiary/aromatic N) is 2. The van der Waals surface area contributed by atoms with Crippen LogP contribution in [0.4, 0.5) is 0 Å². The first-order chi connectivity index (χ1) is 14.5. The van der Waals surface area contributed by atoms with Crippen LogP contribution in [0.2, 0.25) is 0 Å². The lowest BCUT2D eigenvalue weighted by molar-refractivity contribution is -0.134. The molecule has 2 amide bonds. The number of rotatable bonds is 7. The molecule has 1 aliphatic heterocycles. The second-order valence-electron chi connectivity index (χ2n) is 8.99. The van der Waals surface area contributed by atoms with Crippen LogP contribution < -0.4 is 5.32 Å². The number of hydrogen-bond acceptors (Lipinski definition) is 4. The highest BCUT2D eigenvalue weighted by atomic mass is 16.2. The van der Waals surface area contributed by atoms with E-state index in [2.05, 4.69) is 16.3 Å². The molecule has 1 aromatic rings. The maximum Gasteiger partial charge on any atom is 0.237 e. The van der Waals surface area contributed by atoms with Gasteiger partial charge in [0.15, 0.2) is 5.78 Å². The predicted molar refractivity (Wildman–Crippen MR) is 115 cm³/mol. The fourth-order valence-corrected chi connectivity index (χ4v) is 4.50. The summed E-state index contributed by atoms with van der Waals surface area (Å²) in [6.07, 6.45) is 7.27. The van der Waals surface area contributed by atoms with Gasteiger partial charge in [-0.05, 0) is 62.6 Å². The van der Waals surface area contributed by atoms with E-state index in [-0.39, 0.29) is 36.5 Å². The normalized spacial score (nSPS) is 20.4. The van der Waals surface area contributed by atoms with Gasteiger partial charge in [-0.1, -0.05) is 12.1 Å². The highest BCUT2D eigenvalue weighted by molar-refractivity contribution is 5.98. The molecule has 4 rings (SSSR count). The zero-order chi connectivity index (χ0) is 21.1. The molecule has 3 aliphatic rings. The number of ketones is 1. The van der Waals surface area contributed by atoms with E-state index < -0.39 is 0 Å². The molecule has 1 atom stereocenters. The highest BCUT2D eigenvalue weighted by Gasteiger charge is 2.30. The molecule has 30 heavy (non-hydrogen) atoms. The first-order valence-corrected chi connectivity index (χ1v) is 11.5. The maximum absolute atomic E-state index is 12.6. The quantitative estimate of drug-likeness (QED) is 0.700. The Hall–Kier alpha value is -2.21. The van der Waals surface area contributed by atoms with Gasteiger partial charge in [0.1, 0.15) is 0 Å². The molecule has 2 fully saturated rings. The van der Waals surface area contributed by atoms with Gasteiger partial charge in [0, 0.05) is 50.6 Å². The van der Waals surface area contributed by atoms with E-state index in [0.29, 0.717) is 32.2 Å². The van der Waals surface area contributed by atoms with Crippen LogP contribution in [0.25, 0.3) is 0 Å². The third-order valence-corrected chi connectivity index (χ3v) is 6.75. The first-order valence-electron chi connectivity index (χ1n) is 11.5. The lowest BCUT2D eigenvalue weighted by atomic mass is 9.89. The number of Topliss-reactive ketones (excluding diaryl/α,β-unsaturated/α-hetero) is 1. The van der Waals surface area contributed by atoms with Gasteiger partial charge >= 0.3 is 0 Å². The van der Waals surface area contributed by atoms with E-state index in [1.165, 1.54) is 24.0 Å². The molecule has 0 spiro atoms. The number of carbonyl (C=O) groups excluding carboxylic acids is 3. The summed E-state index contributed by atoms with van der Waals surface area (Å²) in [5, 5.41) is 3.05. The Morgan fingerprint density at radius 2 is 1.70 bits per heavy atom. The van der Waals surface area contributed by atoms with Gasteiger partial charge in [-0.2, -0.15) is 0 Å². The molecule has 1 N–H and O–H groups in total. The highest BCUT2D eigenvalue weighted by Crippen LogP contribution is 2.23. The van der Waals surface area contributed by atoms with Crippen LogP contribution in [0.3, 0.4) is 0 Å². The Morgan fingerprint density at radius 1 is 1.00 bits per heavy atom. The van der Waals surface area contributed by atoms with E-state index in [1.54, 1.807) is 0 Å². The lowest BCUT2D eigenvalue weighted by Crippen LogP contribution is -2.55. The standard InChI is InChI=1S/C24H33N3O3/c1-17(24(30)25-21-8-9-21)26-12-14-27(15-13-26)23(29)11-10-22(28)20-7-6-18-4-2-3-5-19(18)16-20/h6-7,16-17,21H,2-5,8-15H2,1H3,(H,25,30). The summed E-state index contributed by atoms with van der Waals surface area (Å²) in [7, 11) is 0. The number of benzene rings is 1. The molecule has 162 valence electrons. The largest absolute Gasteiger partial charge is 0.352 e. The molecule has 0 aromatic heterocycles. The van der Waals surface area contributed by atoms with Crippen molar-refractivity contribution in [2.24, 2.45) is 0 Å². The Morgan fingerprint density at radius 3 is 2.40 bits per heavy atom. The number of carbonyl (C=O) groups is 3. The summed E-state index contributed by atoms with van der Waals surface area (Å²) in [6, 6.07) is 6.25. The van der Waals surface area contributed by atoms with Crippen molar-refractivity contribution in [2.45, 2.75) is 70.4 Å². The fourth-order valence-electron chi connectivity index (χ4n) is 4.50. The van der Waals surface area contributed by atoms with Crippen LogP contribution in [0.5, 0.6) is 0 Å². The van der Waals surface area contributed by atoms with Gasteiger partial charge in [-0.15, -0.1) is 0 Å². The summed E-state index contributed by atoms with van der Waals surface area (Å²) in [6.45, 7) is 4.57. The second-order valence-corrected chi connectivity index (χ2v) is 8.99. The third-order valence-electron chi connectivity index (χ3n) is 6.75. The average Bonchev–Trinajstić information content (AvgIpc) is 3.60. The van der Waals surface area contributed by atoms with Gasteiger partial charge < -0.3 is 10.2 Å². The summed E-state index contributed by atoms with van der Waals surface area (Å²) < 4.78 is 0. The molecule has 6 heteroatoms. The van der Waals surface area contributed by atoms with Crippen LogP contribution in [0.15, 0.2) is 18.2 Å². The molecule has 2 aliphatic carbocycles. The van der Waals surface area contributed by atoms with Gasteiger partial charge in [0.05, 0.1) is 6.04 Å². The van der Waals surface area contributed by atoms with Crippen LogP contribution in [0.1, 0.15) is 66.9 Å². The second kappa shape index (κ2) is 9.29. The van der Waals surface area contributed by atoms with Crippen molar-refractivity contribution in [3.63, 3.8) is 0 Å². The van der Waals surface area contributed by atoms with E-state index in [0.717, 1.165) is 31.2 Å². The van der Waals surface area contributed by atoms with Gasteiger partial charge in [0.25, 0.3) is 0 Å². The molecular weight excluding hydrogens is 378 g/mol. The van der Waals surface area contributed by atoms with Crippen molar-refractivity contribution in [1.82, 2.24) is 15.1 Å². The molecule has 0 radical (unpaired) electrons. The minimum absolute atomic E-state index is 0.0380. The minimum Gasteiger partial charge on any atom is -0.352 e. The molecule has 1 heterocycles. The molecule has 6 nitrogen and oxygen atoms in total. The Bertz CT molecular complexity index is 810. The van der Waals surface area contributed by atoms with Crippen molar-refractivity contribution >= 4 is 17.6 Å². The summed E-state index contributed by atoms with van der Waals surface area (Å²) in [5.74, 6) is 0.185. The topological polar surface area (TPSA) is 69.7 Å². The summed E-state index contributed by atoms with van der Waals surface area (Å²) >= 11 is 0. The molecule has 1 saturated carbocycles. The third kappa shape index (κ3) is 5.09. The molecule has 1 unspecified atom stereocenters. The van der Waals surface area contributed by atoms with E-state index in [9.17, 15) is 14.4 Å². The maximum atomic E-state index is 12.6. The van der Waals surface area contributed by atoms with Crippen LogP contribution in [0, 0.1) is 0 Å². The smallest absolute Gasteiger partial charge is 0.237 e. The Labute approximate surface area is 179 Å². The van der Waals surface area contributed by atoms with E-state index >= 15 is 0 Å². The van der Waals surface area contributed by atoms with Crippen LogP contribution in [-0.2, 0) is 22.4 Å². The van der Waals surface area contributed by atoms with Crippen molar-refractivity contribution in [2.75, 3.05) is 26.2 Å². The van der Waals surface area contributed by atoms with Crippen molar-refractivity contribution in [1.29, 1.82) is 0 Å². The SMILES string of the molecule is CC(C(=O)NC1CC1)N1CCN(C(=O)CCC(=O)c2ccc3c(c2)CCCC3)CC1. The Kier molecular flexibility index (Phi) is 6.52. The van der Waals surface area contributed by atoms with Crippen molar-refractivity contribution < 1.29 is 14.4 Å². The summed E-state index contributed by atoms with van der Waals surface area (Å²) in [5.41, 5.74) is 3.41. The first kappa shape index (κ1) is 21.0. The number of hydrogen-bond donors (Lipinski definition) is 1. The average molecular weight is 412 g/mol. The van der Waals surface area contributed by atoms with Gasteiger partial charge in [-0.3, -0.25) is 19.3 Å². The van der Waals surface area contributed by atoms with Gasteiger partial charge in [0.2, 0.25) is 11.8 Å². The van der Waals surface area contributed by atoms with Gasteiger partial charge in [-0.25, -0.2) is 0 Å². The molecule has 1 aromatic carbocycles. The van der Waals surface area contributed by atoms with E-state index in [4.69, 9.17) is 0 Å². The predicted octanol–water partition coefficient (Wildman–Crippen LogP) is 2.34. The fraction of sp³-hybridized carbons (Fsp3) is 0.625. The Balaban J connectivity index is 1.22. The number of fused-ring (bicyclic) bond motifs is 1. The number of nitrogens with one attached hydrogen (secondary N) is 1. The monoisotopic (exact) mass is 411 g/mol. The van der Waals surface area contributed by atoms with Crippen molar-refractivity contribution in [3.8, 4) is 0 Å². The van der Waals surface area contributed by atoms with Crippen molar-refractivity contribution in [3.05, 3.63) is 34.9 Å².